The summed E-state index contributed by atoms with van der Waals surface area (Å²) >= 11 is 1.76. The fourth-order valence-corrected chi connectivity index (χ4v) is 2.90. The van der Waals surface area contributed by atoms with Crippen molar-refractivity contribution < 1.29 is 4.39 Å². The second-order valence-electron chi connectivity index (χ2n) is 4.22. The standard InChI is InChI=1S/C14H16FNS/c1-10-6-7-17-14(10)8-12(9-16)11-2-4-13(15)5-3-11/h2-7,12H,8-9,16H2,1H3. The van der Waals surface area contributed by atoms with Crippen LogP contribution in [0, 0.1) is 12.7 Å². The molecule has 1 unspecified atom stereocenters. The molecular formula is C14H16FNS. The highest BCUT2D eigenvalue weighted by atomic mass is 32.1. The predicted molar refractivity (Wildman–Crippen MR) is 71.0 cm³/mol. The van der Waals surface area contributed by atoms with Crippen molar-refractivity contribution in [3.8, 4) is 0 Å². The summed E-state index contributed by atoms with van der Waals surface area (Å²) in [5.41, 5.74) is 8.25. The SMILES string of the molecule is Cc1ccsc1CC(CN)c1ccc(F)cc1. The molecule has 0 radical (unpaired) electrons. The van der Waals surface area contributed by atoms with Crippen molar-refractivity contribution in [3.63, 3.8) is 0 Å². The molecule has 3 heteroatoms. The van der Waals surface area contributed by atoms with Crippen molar-refractivity contribution in [1.29, 1.82) is 0 Å². The molecule has 1 atom stereocenters. The van der Waals surface area contributed by atoms with Crippen molar-refractivity contribution in [2.24, 2.45) is 5.73 Å². The molecule has 1 aromatic heterocycles. The van der Waals surface area contributed by atoms with Crippen LogP contribution in [0.15, 0.2) is 35.7 Å². The zero-order valence-electron chi connectivity index (χ0n) is 9.82. The molecule has 90 valence electrons. The number of hydrogen-bond acceptors (Lipinski definition) is 2. The Hall–Kier alpha value is -1.19. The highest BCUT2D eigenvalue weighted by Gasteiger charge is 2.12. The van der Waals surface area contributed by atoms with E-state index in [0.717, 1.165) is 12.0 Å². The Balaban J connectivity index is 2.17. The van der Waals surface area contributed by atoms with Gasteiger partial charge in [0.1, 0.15) is 5.82 Å². The molecule has 0 amide bonds. The number of aryl methyl sites for hydroxylation is 1. The monoisotopic (exact) mass is 249 g/mol. The lowest BCUT2D eigenvalue weighted by Crippen LogP contribution is -2.14. The van der Waals surface area contributed by atoms with Crippen molar-refractivity contribution in [1.82, 2.24) is 0 Å². The highest BCUT2D eigenvalue weighted by Crippen LogP contribution is 2.25. The van der Waals surface area contributed by atoms with E-state index in [1.165, 1.54) is 22.6 Å². The lowest BCUT2D eigenvalue weighted by atomic mass is 9.94. The van der Waals surface area contributed by atoms with Gasteiger partial charge in [0.15, 0.2) is 0 Å². The minimum Gasteiger partial charge on any atom is -0.330 e. The van der Waals surface area contributed by atoms with Gasteiger partial charge in [0.2, 0.25) is 0 Å². The van der Waals surface area contributed by atoms with Crippen LogP contribution in [-0.2, 0) is 6.42 Å². The van der Waals surface area contributed by atoms with Crippen LogP contribution in [0.2, 0.25) is 0 Å². The minimum atomic E-state index is -0.197. The molecule has 17 heavy (non-hydrogen) atoms. The van der Waals surface area contributed by atoms with E-state index in [9.17, 15) is 4.39 Å². The summed E-state index contributed by atoms with van der Waals surface area (Å²) in [6.07, 6.45) is 0.936. The lowest BCUT2D eigenvalue weighted by Gasteiger charge is -2.14. The molecule has 0 saturated heterocycles. The average molecular weight is 249 g/mol. The smallest absolute Gasteiger partial charge is 0.123 e. The van der Waals surface area contributed by atoms with Gasteiger partial charge in [-0.25, -0.2) is 4.39 Å². The van der Waals surface area contributed by atoms with E-state index in [-0.39, 0.29) is 11.7 Å². The first-order chi connectivity index (χ1) is 8.20. The number of benzene rings is 1. The van der Waals surface area contributed by atoms with Crippen LogP contribution in [0.4, 0.5) is 4.39 Å². The van der Waals surface area contributed by atoms with Gasteiger partial charge in [0.05, 0.1) is 0 Å². The van der Waals surface area contributed by atoms with Crippen molar-refractivity contribution in [2.75, 3.05) is 6.54 Å². The van der Waals surface area contributed by atoms with E-state index in [1.54, 1.807) is 11.3 Å². The molecular weight excluding hydrogens is 233 g/mol. The first kappa shape index (κ1) is 12.3. The first-order valence-electron chi connectivity index (χ1n) is 5.69. The van der Waals surface area contributed by atoms with Crippen LogP contribution in [0.3, 0.4) is 0 Å². The molecule has 0 spiro atoms. The van der Waals surface area contributed by atoms with Gasteiger partial charge in [0, 0.05) is 10.8 Å². The van der Waals surface area contributed by atoms with Gasteiger partial charge in [0.25, 0.3) is 0 Å². The van der Waals surface area contributed by atoms with Gasteiger partial charge in [-0.15, -0.1) is 11.3 Å². The Bertz CT molecular complexity index is 475. The summed E-state index contributed by atoms with van der Waals surface area (Å²) in [6.45, 7) is 2.70. The molecule has 0 fully saturated rings. The third kappa shape index (κ3) is 2.93. The van der Waals surface area contributed by atoms with Crippen LogP contribution >= 0.6 is 11.3 Å². The van der Waals surface area contributed by atoms with E-state index < -0.39 is 0 Å². The molecule has 1 aromatic carbocycles. The molecule has 0 aliphatic rings. The topological polar surface area (TPSA) is 26.0 Å². The molecule has 0 bridgehead atoms. The number of thiophene rings is 1. The van der Waals surface area contributed by atoms with Crippen molar-refractivity contribution in [2.45, 2.75) is 19.3 Å². The number of nitrogens with two attached hydrogens (primary N) is 1. The number of rotatable bonds is 4. The van der Waals surface area contributed by atoms with Crippen LogP contribution < -0.4 is 5.73 Å². The molecule has 0 saturated carbocycles. The largest absolute Gasteiger partial charge is 0.330 e. The van der Waals surface area contributed by atoms with Gasteiger partial charge >= 0.3 is 0 Å². The Morgan fingerprint density at radius 2 is 1.94 bits per heavy atom. The average Bonchev–Trinajstić information content (AvgIpc) is 2.73. The Labute approximate surface area is 105 Å². The summed E-state index contributed by atoms with van der Waals surface area (Å²) in [4.78, 5) is 1.37. The maximum absolute atomic E-state index is 12.9. The molecule has 0 aliphatic carbocycles. The summed E-state index contributed by atoms with van der Waals surface area (Å²) in [5.74, 6) is 0.0739. The van der Waals surface area contributed by atoms with Crippen molar-refractivity contribution in [3.05, 3.63) is 57.5 Å². The molecule has 1 nitrogen and oxygen atoms in total. The van der Waals surface area contributed by atoms with Gasteiger partial charge in [-0.3, -0.25) is 0 Å². The maximum atomic E-state index is 12.9. The van der Waals surface area contributed by atoms with Crippen LogP contribution in [0.1, 0.15) is 21.9 Å². The van der Waals surface area contributed by atoms with E-state index >= 15 is 0 Å². The summed E-state index contributed by atoms with van der Waals surface area (Å²) in [5, 5.41) is 2.10. The quantitative estimate of drug-likeness (QED) is 0.882. The van der Waals surface area contributed by atoms with Crippen molar-refractivity contribution >= 4 is 11.3 Å². The molecule has 1 heterocycles. The van der Waals surface area contributed by atoms with Crippen LogP contribution in [0.5, 0.6) is 0 Å². The summed E-state index contributed by atoms with van der Waals surface area (Å²) < 4.78 is 12.9. The second kappa shape index (κ2) is 5.43. The number of halogens is 1. The molecule has 2 rings (SSSR count). The normalized spacial score (nSPS) is 12.6. The van der Waals surface area contributed by atoms with E-state index in [0.29, 0.717) is 6.54 Å². The van der Waals surface area contributed by atoms with E-state index in [4.69, 9.17) is 5.73 Å². The van der Waals surface area contributed by atoms with Gasteiger partial charge in [-0.2, -0.15) is 0 Å². The number of hydrogen-bond donors (Lipinski definition) is 1. The molecule has 2 N–H and O–H groups in total. The maximum Gasteiger partial charge on any atom is 0.123 e. The van der Waals surface area contributed by atoms with E-state index in [1.807, 2.05) is 12.1 Å². The predicted octanol–water partition coefficient (Wildman–Crippen LogP) is 3.48. The van der Waals surface area contributed by atoms with Gasteiger partial charge < -0.3 is 5.73 Å². The fourth-order valence-electron chi connectivity index (χ4n) is 1.91. The highest BCUT2D eigenvalue weighted by molar-refractivity contribution is 7.10. The lowest BCUT2D eigenvalue weighted by molar-refractivity contribution is 0.623. The molecule has 0 aliphatic heterocycles. The van der Waals surface area contributed by atoms with E-state index in [2.05, 4.69) is 18.4 Å². The van der Waals surface area contributed by atoms with Gasteiger partial charge in [-0.1, -0.05) is 12.1 Å². The van der Waals surface area contributed by atoms with Crippen LogP contribution in [0.25, 0.3) is 0 Å². The van der Waals surface area contributed by atoms with Crippen LogP contribution in [-0.4, -0.2) is 6.54 Å². The Kier molecular flexibility index (Phi) is 3.92. The zero-order chi connectivity index (χ0) is 12.3. The Morgan fingerprint density at radius 3 is 2.47 bits per heavy atom. The minimum absolute atomic E-state index is 0.197. The second-order valence-corrected chi connectivity index (χ2v) is 5.22. The zero-order valence-corrected chi connectivity index (χ0v) is 10.6. The summed E-state index contributed by atoms with van der Waals surface area (Å²) in [7, 11) is 0. The molecule has 2 aromatic rings. The summed E-state index contributed by atoms with van der Waals surface area (Å²) in [6, 6.07) is 8.78. The third-order valence-corrected chi connectivity index (χ3v) is 4.07. The fraction of sp³-hybridized carbons (Fsp3) is 0.286. The first-order valence-corrected chi connectivity index (χ1v) is 6.57. The Morgan fingerprint density at radius 1 is 1.24 bits per heavy atom. The van der Waals surface area contributed by atoms with Gasteiger partial charge in [-0.05, 0) is 54.6 Å². The third-order valence-electron chi connectivity index (χ3n) is 3.03.